The van der Waals surface area contributed by atoms with Crippen molar-refractivity contribution in [3.63, 3.8) is 0 Å². The fraction of sp³-hybridized carbons (Fsp3) is 0.909. The Labute approximate surface area is 82.7 Å². The van der Waals surface area contributed by atoms with E-state index in [9.17, 15) is 4.79 Å². The first kappa shape index (κ1) is 15.0. The van der Waals surface area contributed by atoms with Crippen molar-refractivity contribution in [3.8, 4) is 0 Å². The zero-order valence-electron chi connectivity index (χ0n) is 9.72. The maximum absolute atomic E-state index is 10.4. The quantitative estimate of drug-likeness (QED) is 0.618. The molecule has 0 radical (unpaired) electrons. The number of ether oxygens (including phenoxy) is 1. The SMILES string of the molecule is CC.CCCC(CC)COC(C)=O. The summed E-state index contributed by atoms with van der Waals surface area (Å²) in [5.74, 6) is 0.392. The van der Waals surface area contributed by atoms with Crippen molar-refractivity contribution in [1.29, 1.82) is 0 Å². The molecule has 0 heterocycles. The number of hydrogen-bond acceptors (Lipinski definition) is 2. The topological polar surface area (TPSA) is 26.3 Å². The summed E-state index contributed by atoms with van der Waals surface area (Å²) < 4.78 is 4.91. The molecule has 0 saturated heterocycles. The van der Waals surface area contributed by atoms with Crippen molar-refractivity contribution in [2.75, 3.05) is 6.61 Å². The average molecular weight is 188 g/mol. The molecule has 0 spiro atoms. The summed E-state index contributed by atoms with van der Waals surface area (Å²) in [5, 5.41) is 0. The van der Waals surface area contributed by atoms with Gasteiger partial charge in [0.25, 0.3) is 0 Å². The maximum Gasteiger partial charge on any atom is 0.302 e. The molecular formula is C11H24O2. The van der Waals surface area contributed by atoms with Crippen molar-refractivity contribution in [1.82, 2.24) is 0 Å². The Balaban J connectivity index is 0. The van der Waals surface area contributed by atoms with Gasteiger partial charge in [0.15, 0.2) is 0 Å². The third-order valence-electron chi connectivity index (χ3n) is 1.80. The summed E-state index contributed by atoms with van der Waals surface area (Å²) in [6.45, 7) is 10.3. The summed E-state index contributed by atoms with van der Waals surface area (Å²) in [7, 11) is 0. The van der Waals surface area contributed by atoms with Gasteiger partial charge >= 0.3 is 5.97 Å². The lowest BCUT2D eigenvalue weighted by atomic mass is 10.0. The van der Waals surface area contributed by atoms with Gasteiger partial charge < -0.3 is 4.74 Å². The van der Waals surface area contributed by atoms with Crippen LogP contribution in [0.1, 0.15) is 53.9 Å². The molecule has 0 aromatic heterocycles. The van der Waals surface area contributed by atoms with Crippen LogP contribution in [-0.4, -0.2) is 12.6 Å². The van der Waals surface area contributed by atoms with Gasteiger partial charge in [-0.15, -0.1) is 0 Å². The van der Waals surface area contributed by atoms with E-state index in [4.69, 9.17) is 4.74 Å². The van der Waals surface area contributed by atoms with Gasteiger partial charge in [0, 0.05) is 6.92 Å². The van der Waals surface area contributed by atoms with E-state index < -0.39 is 0 Å². The van der Waals surface area contributed by atoms with E-state index in [0.717, 1.165) is 12.8 Å². The maximum atomic E-state index is 10.4. The highest BCUT2D eigenvalue weighted by molar-refractivity contribution is 5.65. The molecule has 80 valence electrons. The number of rotatable bonds is 5. The van der Waals surface area contributed by atoms with Crippen LogP contribution in [0, 0.1) is 5.92 Å². The van der Waals surface area contributed by atoms with Gasteiger partial charge in [0.1, 0.15) is 0 Å². The molecule has 1 unspecified atom stereocenters. The molecule has 0 amide bonds. The molecule has 2 heteroatoms. The minimum atomic E-state index is -0.167. The molecule has 13 heavy (non-hydrogen) atoms. The second-order valence-corrected chi connectivity index (χ2v) is 2.87. The van der Waals surface area contributed by atoms with Crippen LogP contribution in [-0.2, 0) is 9.53 Å². The molecule has 2 nitrogen and oxygen atoms in total. The highest BCUT2D eigenvalue weighted by Crippen LogP contribution is 2.10. The van der Waals surface area contributed by atoms with Crippen molar-refractivity contribution in [2.45, 2.75) is 53.9 Å². The minimum Gasteiger partial charge on any atom is -0.466 e. The summed E-state index contributed by atoms with van der Waals surface area (Å²) in [6, 6.07) is 0. The van der Waals surface area contributed by atoms with Crippen LogP contribution in [0.2, 0.25) is 0 Å². The normalized spacial score (nSPS) is 11.2. The van der Waals surface area contributed by atoms with Gasteiger partial charge in [-0.2, -0.15) is 0 Å². The van der Waals surface area contributed by atoms with Gasteiger partial charge in [0.2, 0.25) is 0 Å². The van der Waals surface area contributed by atoms with E-state index >= 15 is 0 Å². The van der Waals surface area contributed by atoms with Crippen LogP contribution in [0.4, 0.5) is 0 Å². The van der Waals surface area contributed by atoms with E-state index in [1.54, 1.807) is 0 Å². The van der Waals surface area contributed by atoms with Crippen molar-refractivity contribution in [3.05, 3.63) is 0 Å². The highest BCUT2D eigenvalue weighted by Gasteiger charge is 2.05. The Bertz CT molecular complexity index is 111. The molecule has 0 aliphatic heterocycles. The zero-order valence-corrected chi connectivity index (χ0v) is 9.72. The number of esters is 1. The Morgan fingerprint density at radius 3 is 2.15 bits per heavy atom. The summed E-state index contributed by atoms with van der Waals surface area (Å²) in [5.41, 5.74) is 0. The van der Waals surface area contributed by atoms with Crippen molar-refractivity contribution in [2.24, 2.45) is 5.92 Å². The predicted octanol–water partition coefficient (Wildman–Crippen LogP) is 3.40. The van der Waals surface area contributed by atoms with Gasteiger partial charge in [0.05, 0.1) is 6.61 Å². The monoisotopic (exact) mass is 188 g/mol. The van der Waals surface area contributed by atoms with Gasteiger partial charge in [-0.1, -0.05) is 40.5 Å². The molecule has 0 saturated carbocycles. The van der Waals surface area contributed by atoms with E-state index in [0.29, 0.717) is 12.5 Å². The summed E-state index contributed by atoms with van der Waals surface area (Å²) >= 11 is 0. The predicted molar refractivity (Wildman–Crippen MR) is 56.7 cm³/mol. The van der Waals surface area contributed by atoms with Crippen LogP contribution in [0.15, 0.2) is 0 Å². The van der Waals surface area contributed by atoms with E-state index in [-0.39, 0.29) is 5.97 Å². The molecule has 0 aliphatic carbocycles. The molecule has 0 aliphatic rings. The number of carbonyl (C=O) groups excluding carboxylic acids is 1. The first-order chi connectivity index (χ1) is 6.20. The van der Waals surface area contributed by atoms with Crippen molar-refractivity contribution < 1.29 is 9.53 Å². The number of hydrogen-bond donors (Lipinski definition) is 0. The largest absolute Gasteiger partial charge is 0.466 e. The molecule has 0 fully saturated rings. The molecule has 0 aromatic rings. The fourth-order valence-corrected chi connectivity index (χ4v) is 1.05. The van der Waals surface area contributed by atoms with E-state index in [2.05, 4.69) is 13.8 Å². The Hall–Kier alpha value is -0.530. The van der Waals surface area contributed by atoms with Gasteiger partial charge in [-0.05, 0) is 12.3 Å². The molecule has 1 atom stereocenters. The Kier molecular flexibility index (Phi) is 13.2. The van der Waals surface area contributed by atoms with Gasteiger partial charge in [-0.3, -0.25) is 4.79 Å². The fourth-order valence-electron chi connectivity index (χ4n) is 1.05. The second kappa shape index (κ2) is 11.5. The van der Waals surface area contributed by atoms with E-state index in [1.165, 1.54) is 13.3 Å². The first-order valence-corrected chi connectivity index (χ1v) is 5.34. The summed E-state index contributed by atoms with van der Waals surface area (Å²) in [6.07, 6.45) is 3.42. The van der Waals surface area contributed by atoms with Crippen LogP contribution < -0.4 is 0 Å². The standard InChI is InChI=1S/C9H18O2.C2H6/c1-4-6-9(5-2)7-11-8(3)10;1-2/h9H,4-7H2,1-3H3;1-2H3. The number of carbonyl (C=O) groups is 1. The Morgan fingerprint density at radius 2 is 1.85 bits per heavy atom. The van der Waals surface area contributed by atoms with Crippen LogP contribution in [0.25, 0.3) is 0 Å². The zero-order chi connectivity index (χ0) is 10.7. The highest BCUT2D eigenvalue weighted by atomic mass is 16.5. The molecular weight excluding hydrogens is 164 g/mol. The molecule has 0 N–H and O–H groups in total. The second-order valence-electron chi connectivity index (χ2n) is 2.87. The van der Waals surface area contributed by atoms with Crippen molar-refractivity contribution >= 4 is 5.97 Å². The van der Waals surface area contributed by atoms with Gasteiger partial charge in [-0.25, -0.2) is 0 Å². The lowest BCUT2D eigenvalue weighted by Crippen LogP contribution is -2.11. The molecule has 0 rings (SSSR count). The average Bonchev–Trinajstić information content (AvgIpc) is 2.15. The lowest BCUT2D eigenvalue weighted by Gasteiger charge is -2.12. The molecule has 0 aromatic carbocycles. The van der Waals surface area contributed by atoms with Crippen LogP contribution in [0.5, 0.6) is 0 Å². The Morgan fingerprint density at radius 1 is 1.31 bits per heavy atom. The first-order valence-electron chi connectivity index (χ1n) is 5.34. The summed E-state index contributed by atoms with van der Waals surface area (Å²) in [4.78, 5) is 10.4. The third kappa shape index (κ3) is 11.5. The smallest absolute Gasteiger partial charge is 0.302 e. The third-order valence-corrected chi connectivity index (χ3v) is 1.80. The van der Waals surface area contributed by atoms with E-state index in [1.807, 2.05) is 13.8 Å². The van der Waals surface area contributed by atoms with Crippen LogP contribution in [0.3, 0.4) is 0 Å². The minimum absolute atomic E-state index is 0.167. The molecule has 0 bridgehead atoms. The van der Waals surface area contributed by atoms with Crippen LogP contribution >= 0.6 is 0 Å². The lowest BCUT2D eigenvalue weighted by molar-refractivity contribution is -0.142.